The number of hydrogen-bond donors (Lipinski definition) is 1. The van der Waals surface area contributed by atoms with Crippen LogP contribution in [0.2, 0.25) is 0 Å². The van der Waals surface area contributed by atoms with Crippen molar-refractivity contribution >= 4 is 12.2 Å². The van der Waals surface area contributed by atoms with Crippen LogP contribution in [0.4, 0.5) is 0 Å². The molecule has 2 aliphatic rings. The number of nitrogens with one attached hydrogen (secondary N) is 1. The number of rotatable bonds is 2. The fourth-order valence-electron chi connectivity index (χ4n) is 1.99. The molecule has 3 heteroatoms. The van der Waals surface area contributed by atoms with Crippen LogP contribution >= 0.6 is 12.2 Å². The molecule has 1 aromatic rings. The van der Waals surface area contributed by atoms with E-state index in [2.05, 4.69) is 9.97 Å². The van der Waals surface area contributed by atoms with Crippen LogP contribution < -0.4 is 0 Å². The van der Waals surface area contributed by atoms with Gasteiger partial charge in [0.05, 0.1) is 0 Å². The fourth-order valence-corrected chi connectivity index (χ4v) is 2.21. The van der Waals surface area contributed by atoms with Gasteiger partial charge in [-0.2, -0.15) is 0 Å². The number of hydrogen-bond acceptors (Lipinski definition) is 2. The van der Waals surface area contributed by atoms with Gasteiger partial charge in [-0.15, -0.1) is 0 Å². The van der Waals surface area contributed by atoms with E-state index in [0.717, 1.165) is 16.4 Å². The maximum Gasteiger partial charge on any atom is 0.130 e. The van der Waals surface area contributed by atoms with E-state index in [1.165, 1.54) is 37.8 Å². The number of nitrogens with zero attached hydrogens (tertiary/aromatic N) is 1. The molecule has 1 heterocycles. The second-order valence-corrected chi connectivity index (χ2v) is 4.88. The van der Waals surface area contributed by atoms with Gasteiger partial charge in [0.25, 0.3) is 0 Å². The van der Waals surface area contributed by atoms with Crippen molar-refractivity contribution in [1.82, 2.24) is 9.97 Å². The van der Waals surface area contributed by atoms with E-state index in [1.807, 2.05) is 6.07 Å². The molecule has 2 fully saturated rings. The standard InChI is InChI=1S/C11H14N2S/c14-10-6-9(7-4-5-7)12-11(13-10)8-2-1-3-8/h6-8H,1-5H2,(H,12,13,14). The molecule has 0 amide bonds. The summed E-state index contributed by atoms with van der Waals surface area (Å²) in [5.74, 6) is 2.56. The number of aromatic amines is 1. The minimum Gasteiger partial charge on any atom is -0.347 e. The van der Waals surface area contributed by atoms with Gasteiger partial charge in [-0.1, -0.05) is 18.6 Å². The van der Waals surface area contributed by atoms with Crippen LogP contribution in [0.3, 0.4) is 0 Å². The molecule has 0 unspecified atom stereocenters. The zero-order valence-electron chi connectivity index (χ0n) is 8.12. The summed E-state index contributed by atoms with van der Waals surface area (Å²) in [6, 6.07) is 2.04. The van der Waals surface area contributed by atoms with Crippen molar-refractivity contribution in [3.05, 3.63) is 22.2 Å². The van der Waals surface area contributed by atoms with Gasteiger partial charge in [0.1, 0.15) is 10.5 Å². The lowest BCUT2D eigenvalue weighted by Gasteiger charge is -2.24. The number of aromatic nitrogens is 2. The van der Waals surface area contributed by atoms with E-state index >= 15 is 0 Å². The molecule has 2 nitrogen and oxygen atoms in total. The van der Waals surface area contributed by atoms with E-state index in [0.29, 0.717) is 5.92 Å². The third-order valence-corrected chi connectivity index (χ3v) is 3.50. The van der Waals surface area contributed by atoms with Gasteiger partial charge < -0.3 is 4.98 Å². The predicted octanol–water partition coefficient (Wildman–Crippen LogP) is 3.28. The Hall–Kier alpha value is -0.700. The van der Waals surface area contributed by atoms with E-state index in [1.54, 1.807) is 0 Å². The van der Waals surface area contributed by atoms with Crippen LogP contribution in [0.25, 0.3) is 0 Å². The summed E-state index contributed by atoms with van der Waals surface area (Å²) in [6.07, 6.45) is 6.55. The largest absolute Gasteiger partial charge is 0.347 e. The Balaban J connectivity index is 1.97. The highest BCUT2D eigenvalue weighted by molar-refractivity contribution is 7.71. The minimum atomic E-state index is 0.662. The Kier molecular flexibility index (Phi) is 1.94. The first kappa shape index (κ1) is 8.60. The molecule has 2 saturated carbocycles. The Morgan fingerprint density at radius 2 is 2.00 bits per heavy atom. The van der Waals surface area contributed by atoms with Gasteiger partial charge in [-0.25, -0.2) is 4.98 Å². The Bertz CT molecular complexity index is 402. The summed E-state index contributed by atoms with van der Waals surface area (Å²) in [6.45, 7) is 0. The molecule has 0 aromatic carbocycles. The molecule has 1 N–H and O–H groups in total. The molecule has 0 aliphatic heterocycles. The van der Waals surface area contributed by atoms with Crippen molar-refractivity contribution in [3.63, 3.8) is 0 Å². The molecule has 0 atom stereocenters. The van der Waals surface area contributed by atoms with Crippen molar-refractivity contribution in [3.8, 4) is 0 Å². The first-order valence-corrected chi connectivity index (χ1v) is 5.85. The van der Waals surface area contributed by atoms with Gasteiger partial charge in [0, 0.05) is 11.6 Å². The Morgan fingerprint density at radius 1 is 1.21 bits per heavy atom. The molecule has 1 aromatic heterocycles. The van der Waals surface area contributed by atoms with Crippen LogP contribution in [0.1, 0.15) is 55.5 Å². The van der Waals surface area contributed by atoms with Crippen LogP contribution in [0.5, 0.6) is 0 Å². The molecule has 0 saturated heterocycles. The smallest absolute Gasteiger partial charge is 0.130 e. The van der Waals surface area contributed by atoms with Crippen LogP contribution in [-0.2, 0) is 0 Å². The average molecular weight is 206 g/mol. The molecule has 0 radical (unpaired) electrons. The lowest BCUT2D eigenvalue weighted by molar-refractivity contribution is 0.400. The van der Waals surface area contributed by atoms with Crippen LogP contribution in [-0.4, -0.2) is 9.97 Å². The van der Waals surface area contributed by atoms with Crippen LogP contribution in [0, 0.1) is 4.64 Å². The maximum absolute atomic E-state index is 5.19. The van der Waals surface area contributed by atoms with Crippen molar-refractivity contribution in [2.75, 3.05) is 0 Å². The van der Waals surface area contributed by atoms with Crippen LogP contribution in [0.15, 0.2) is 6.07 Å². The SMILES string of the molecule is S=c1cc(C2CC2)[nH]c(C2CCC2)n1. The van der Waals surface area contributed by atoms with Gasteiger partial charge in [-0.05, 0) is 37.7 Å². The highest BCUT2D eigenvalue weighted by Crippen LogP contribution is 2.40. The molecule has 0 bridgehead atoms. The van der Waals surface area contributed by atoms with Crippen molar-refractivity contribution in [1.29, 1.82) is 0 Å². The molecule has 14 heavy (non-hydrogen) atoms. The highest BCUT2D eigenvalue weighted by Gasteiger charge is 2.27. The monoisotopic (exact) mass is 206 g/mol. The van der Waals surface area contributed by atoms with Crippen molar-refractivity contribution in [2.45, 2.75) is 43.9 Å². The van der Waals surface area contributed by atoms with Crippen molar-refractivity contribution < 1.29 is 0 Å². The molecule has 3 rings (SSSR count). The molecular formula is C11H14N2S. The second-order valence-electron chi connectivity index (χ2n) is 4.46. The third-order valence-electron chi connectivity index (χ3n) is 3.29. The predicted molar refractivity (Wildman–Crippen MR) is 58.0 cm³/mol. The van der Waals surface area contributed by atoms with Crippen molar-refractivity contribution in [2.24, 2.45) is 0 Å². The van der Waals surface area contributed by atoms with E-state index in [4.69, 9.17) is 12.2 Å². The Morgan fingerprint density at radius 3 is 2.57 bits per heavy atom. The quantitative estimate of drug-likeness (QED) is 0.752. The summed E-state index contributed by atoms with van der Waals surface area (Å²) in [7, 11) is 0. The normalized spacial score (nSPS) is 22.0. The average Bonchev–Trinajstić information content (AvgIpc) is 2.80. The zero-order chi connectivity index (χ0) is 9.54. The minimum absolute atomic E-state index is 0.662. The number of H-pyrrole nitrogens is 1. The lowest BCUT2D eigenvalue weighted by atomic mass is 9.85. The van der Waals surface area contributed by atoms with E-state index < -0.39 is 0 Å². The van der Waals surface area contributed by atoms with E-state index in [-0.39, 0.29) is 0 Å². The maximum atomic E-state index is 5.19. The summed E-state index contributed by atoms with van der Waals surface area (Å²) in [5, 5.41) is 0. The zero-order valence-corrected chi connectivity index (χ0v) is 8.94. The van der Waals surface area contributed by atoms with Gasteiger partial charge in [-0.3, -0.25) is 0 Å². The Labute approximate surface area is 88.8 Å². The summed E-state index contributed by atoms with van der Waals surface area (Å²) < 4.78 is 0.771. The fraction of sp³-hybridized carbons (Fsp3) is 0.636. The first-order valence-electron chi connectivity index (χ1n) is 5.44. The third kappa shape index (κ3) is 1.50. The van der Waals surface area contributed by atoms with Gasteiger partial charge in [0.15, 0.2) is 0 Å². The molecule has 2 aliphatic carbocycles. The van der Waals surface area contributed by atoms with Gasteiger partial charge >= 0.3 is 0 Å². The summed E-state index contributed by atoms with van der Waals surface area (Å²) in [5.41, 5.74) is 1.33. The van der Waals surface area contributed by atoms with Gasteiger partial charge in [0.2, 0.25) is 0 Å². The second kappa shape index (κ2) is 3.16. The first-order chi connectivity index (χ1) is 6.83. The lowest BCUT2D eigenvalue weighted by Crippen LogP contribution is -2.13. The highest BCUT2D eigenvalue weighted by atomic mass is 32.1. The molecular weight excluding hydrogens is 192 g/mol. The summed E-state index contributed by atoms with van der Waals surface area (Å²) >= 11 is 5.19. The topological polar surface area (TPSA) is 28.7 Å². The van der Waals surface area contributed by atoms with E-state index in [9.17, 15) is 0 Å². The summed E-state index contributed by atoms with van der Waals surface area (Å²) in [4.78, 5) is 7.90. The molecule has 0 spiro atoms. The molecule has 74 valence electrons.